The zero-order valence-electron chi connectivity index (χ0n) is 4.17. The van der Waals surface area contributed by atoms with Crippen molar-refractivity contribution in [3.63, 3.8) is 0 Å². The van der Waals surface area contributed by atoms with Crippen molar-refractivity contribution in [2.75, 3.05) is 6.67 Å². The molecule has 0 aliphatic carbocycles. The molecule has 0 aromatic heterocycles. The predicted molar refractivity (Wildman–Crippen MR) is 29.0 cm³/mol. The van der Waals surface area contributed by atoms with E-state index in [1.165, 1.54) is 0 Å². The average Bonchev–Trinajstić information content (AvgIpc) is 1.84. The van der Waals surface area contributed by atoms with Crippen LogP contribution in [-0.2, 0) is 0 Å². The summed E-state index contributed by atoms with van der Waals surface area (Å²) in [7, 11) is 0. The first-order valence-corrected chi connectivity index (χ1v) is 2.77. The fourth-order valence-corrected chi connectivity index (χ4v) is 0.288. The standard InChI is InChI=1S/C4H3BrF4/c5-3(4(8)9)2(7)1-6/h4H,1H2/b3-2-. The minimum atomic E-state index is -2.97. The Morgan fingerprint density at radius 3 is 2.00 bits per heavy atom. The Labute approximate surface area is 57.7 Å². The van der Waals surface area contributed by atoms with Crippen molar-refractivity contribution < 1.29 is 17.6 Å². The third-order valence-corrected chi connectivity index (χ3v) is 1.34. The molecule has 5 heteroatoms. The molecule has 0 saturated carbocycles. The Kier molecular flexibility index (Phi) is 3.84. The molecule has 0 fully saturated rings. The topological polar surface area (TPSA) is 0 Å². The van der Waals surface area contributed by atoms with Crippen molar-refractivity contribution in [1.29, 1.82) is 0 Å². The van der Waals surface area contributed by atoms with E-state index < -0.39 is 23.4 Å². The highest BCUT2D eigenvalue weighted by Crippen LogP contribution is 2.21. The van der Waals surface area contributed by atoms with Gasteiger partial charge in [-0.05, 0) is 15.9 Å². The van der Waals surface area contributed by atoms with Crippen molar-refractivity contribution in [3.8, 4) is 0 Å². The van der Waals surface area contributed by atoms with E-state index in [-0.39, 0.29) is 0 Å². The second-order valence-corrected chi connectivity index (χ2v) is 2.04. The zero-order valence-corrected chi connectivity index (χ0v) is 5.76. The van der Waals surface area contributed by atoms with E-state index in [1.54, 1.807) is 0 Å². The molecular formula is C4H3BrF4. The van der Waals surface area contributed by atoms with E-state index in [2.05, 4.69) is 15.9 Å². The van der Waals surface area contributed by atoms with Gasteiger partial charge in [0.2, 0.25) is 0 Å². The molecule has 0 aliphatic rings. The molecular weight excluding hydrogens is 204 g/mol. The average molecular weight is 207 g/mol. The van der Waals surface area contributed by atoms with Crippen molar-refractivity contribution in [3.05, 3.63) is 10.3 Å². The van der Waals surface area contributed by atoms with E-state index in [0.29, 0.717) is 0 Å². The third-order valence-electron chi connectivity index (χ3n) is 0.568. The van der Waals surface area contributed by atoms with Crippen LogP contribution in [0.25, 0.3) is 0 Å². The van der Waals surface area contributed by atoms with Crippen LogP contribution < -0.4 is 0 Å². The highest BCUT2D eigenvalue weighted by molar-refractivity contribution is 9.11. The normalized spacial score (nSPS) is 14.0. The lowest BCUT2D eigenvalue weighted by Crippen LogP contribution is -1.92. The zero-order chi connectivity index (χ0) is 7.44. The number of hydrogen-bond acceptors (Lipinski definition) is 0. The molecule has 0 bridgehead atoms. The molecule has 0 nitrogen and oxygen atoms in total. The van der Waals surface area contributed by atoms with Crippen LogP contribution >= 0.6 is 15.9 Å². The van der Waals surface area contributed by atoms with Crippen LogP contribution in [0.4, 0.5) is 17.6 Å². The van der Waals surface area contributed by atoms with E-state index in [1.807, 2.05) is 0 Å². The summed E-state index contributed by atoms with van der Waals surface area (Å²) in [5.74, 6) is -1.45. The van der Waals surface area contributed by atoms with Crippen LogP contribution in [0, 0.1) is 0 Å². The Balaban J connectivity index is 4.10. The van der Waals surface area contributed by atoms with Crippen LogP contribution in [0.15, 0.2) is 10.3 Å². The minimum absolute atomic E-state index is 1.01. The fourth-order valence-electron chi connectivity index (χ4n) is 0.182. The minimum Gasteiger partial charge on any atom is -0.243 e. The van der Waals surface area contributed by atoms with Gasteiger partial charge in [0.05, 0.1) is 4.48 Å². The van der Waals surface area contributed by atoms with Crippen molar-refractivity contribution in [2.24, 2.45) is 0 Å². The Morgan fingerprint density at radius 1 is 1.44 bits per heavy atom. The molecule has 54 valence electrons. The summed E-state index contributed by atoms with van der Waals surface area (Å²) in [6.07, 6.45) is -2.97. The quantitative estimate of drug-likeness (QED) is 0.610. The molecule has 9 heavy (non-hydrogen) atoms. The van der Waals surface area contributed by atoms with Gasteiger partial charge in [0.15, 0.2) is 0 Å². The number of hydrogen-bond donors (Lipinski definition) is 0. The van der Waals surface area contributed by atoms with Gasteiger partial charge in [0.25, 0.3) is 6.43 Å². The Morgan fingerprint density at radius 2 is 1.89 bits per heavy atom. The van der Waals surface area contributed by atoms with Gasteiger partial charge >= 0.3 is 0 Å². The molecule has 0 aromatic carbocycles. The van der Waals surface area contributed by atoms with Crippen molar-refractivity contribution in [1.82, 2.24) is 0 Å². The first-order chi connectivity index (χ1) is 4.09. The van der Waals surface area contributed by atoms with E-state index in [4.69, 9.17) is 0 Å². The molecule has 0 N–H and O–H groups in total. The Bertz CT molecular complexity index is 120. The summed E-state index contributed by atoms with van der Waals surface area (Å²) in [6.45, 7) is -1.50. The monoisotopic (exact) mass is 206 g/mol. The maximum Gasteiger partial charge on any atom is 0.272 e. The molecule has 0 atom stereocenters. The predicted octanol–water partition coefficient (Wildman–Crippen LogP) is 2.80. The van der Waals surface area contributed by atoms with E-state index in [0.717, 1.165) is 0 Å². The highest BCUT2D eigenvalue weighted by atomic mass is 79.9. The summed E-state index contributed by atoms with van der Waals surface area (Å²) < 4.78 is 44.7. The van der Waals surface area contributed by atoms with Gasteiger partial charge in [-0.15, -0.1) is 0 Å². The lowest BCUT2D eigenvalue weighted by atomic mass is 10.5. The van der Waals surface area contributed by atoms with Crippen molar-refractivity contribution >= 4 is 15.9 Å². The lowest BCUT2D eigenvalue weighted by molar-refractivity contribution is 0.196. The van der Waals surface area contributed by atoms with Crippen molar-refractivity contribution in [2.45, 2.75) is 6.43 Å². The SMILES string of the molecule is FC/C(F)=C(/Br)C(F)F. The Hall–Kier alpha value is -0.0600. The molecule has 0 radical (unpaired) electrons. The van der Waals surface area contributed by atoms with Gasteiger partial charge in [0.1, 0.15) is 12.5 Å². The number of halogens is 5. The van der Waals surface area contributed by atoms with Gasteiger partial charge in [-0.1, -0.05) is 0 Å². The number of rotatable bonds is 2. The van der Waals surface area contributed by atoms with Crippen LogP contribution in [0.1, 0.15) is 0 Å². The number of alkyl halides is 3. The van der Waals surface area contributed by atoms with Gasteiger partial charge in [-0.3, -0.25) is 0 Å². The number of allylic oxidation sites excluding steroid dienone is 2. The van der Waals surface area contributed by atoms with Gasteiger partial charge in [-0.2, -0.15) is 0 Å². The van der Waals surface area contributed by atoms with Crippen LogP contribution in [0.3, 0.4) is 0 Å². The molecule has 0 amide bonds. The fraction of sp³-hybridized carbons (Fsp3) is 0.500. The van der Waals surface area contributed by atoms with Gasteiger partial charge in [-0.25, -0.2) is 17.6 Å². The van der Waals surface area contributed by atoms with E-state index in [9.17, 15) is 17.6 Å². The molecule has 0 aliphatic heterocycles. The second kappa shape index (κ2) is 3.87. The van der Waals surface area contributed by atoms with E-state index >= 15 is 0 Å². The van der Waals surface area contributed by atoms with Crippen LogP contribution in [0.2, 0.25) is 0 Å². The molecule has 0 saturated heterocycles. The molecule has 0 spiro atoms. The highest BCUT2D eigenvalue weighted by Gasteiger charge is 2.13. The maximum absolute atomic E-state index is 11.8. The molecule has 0 rings (SSSR count). The lowest BCUT2D eigenvalue weighted by Gasteiger charge is -1.95. The summed E-state index contributed by atoms with van der Waals surface area (Å²) in [6, 6.07) is 0. The van der Waals surface area contributed by atoms with Gasteiger partial charge < -0.3 is 0 Å². The smallest absolute Gasteiger partial charge is 0.243 e. The summed E-state index contributed by atoms with van der Waals surface area (Å²) in [5.41, 5.74) is 0. The molecule has 0 aromatic rings. The summed E-state index contributed by atoms with van der Waals surface area (Å²) in [5, 5.41) is 0. The summed E-state index contributed by atoms with van der Waals surface area (Å²) >= 11 is 2.18. The maximum atomic E-state index is 11.8. The molecule has 0 unspecified atom stereocenters. The second-order valence-electron chi connectivity index (χ2n) is 1.19. The first kappa shape index (κ1) is 8.94. The molecule has 0 heterocycles. The largest absolute Gasteiger partial charge is 0.272 e. The first-order valence-electron chi connectivity index (χ1n) is 1.97. The van der Waals surface area contributed by atoms with Gasteiger partial charge in [0, 0.05) is 0 Å². The third kappa shape index (κ3) is 2.84. The van der Waals surface area contributed by atoms with Crippen LogP contribution in [0.5, 0.6) is 0 Å². The van der Waals surface area contributed by atoms with Crippen LogP contribution in [-0.4, -0.2) is 13.1 Å². The summed E-state index contributed by atoms with van der Waals surface area (Å²) in [4.78, 5) is 0.